The smallest absolute Gasteiger partial charge is 0.232 e. The molecule has 8 heteroatoms. The van der Waals surface area contributed by atoms with Gasteiger partial charge >= 0.3 is 0 Å². The van der Waals surface area contributed by atoms with E-state index in [4.69, 9.17) is 9.47 Å². The summed E-state index contributed by atoms with van der Waals surface area (Å²) in [5, 5.41) is 2.80. The zero-order chi connectivity index (χ0) is 20.0. The predicted octanol–water partition coefficient (Wildman–Crippen LogP) is 2.81. The molecule has 0 aromatic heterocycles. The number of aryl methyl sites for hydroxylation is 1. The Labute approximate surface area is 160 Å². The Balaban J connectivity index is 2.19. The summed E-state index contributed by atoms with van der Waals surface area (Å²) in [5.41, 5.74) is 1.99. The van der Waals surface area contributed by atoms with Crippen LogP contribution in [0.4, 0.5) is 11.4 Å². The van der Waals surface area contributed by atoms with Crippen molar-refractivity contribution < 1.29 is 22.7 Å². The van der Waals surface area contributed by atoms with Gasteiger partial charge in [0.25, 0.3) is 0 Å². The van der Waals surface area contributed by atoms with E-state index >= 15 is 0 Å². The number of para-hydroxylation sites is 1. The summed E-state index contributed by atoms with van der Waals surface area (Å²) >= 11 is 0. The fourth-order valence-corrected chi connectivity index (χ4v) is 3.52. The van der Waals surface area contributed by atoms with Gasteiger partial charge in [-0.1, -0.05) is 18.2 Å². The van der Waals surface area contributed by atoms with Crippen molar-refractivity contribution in [3.05, 3.63) is 48.0 Å². The number of ether oxygens (including phenoxy) is 2. The number of hydrogen-bond donors (Lipinski definition) is 1. The number of rotatable bonds is 8. The molecule has 2 aromatic rings. The molecule has 2 aromatic carbocycles. The molecule has 0 radical (unpaired) electrons. The molecule has 0 saturated heterocycles. The van der Waals surface area contributed by atoms with Gasteiger partial charge in [-0.05, 0) is 30.7 Å². The van der Waals surface area contributed by atoms with Gasteiger partial charge in [-0.25, -0.2) is 8.42 Å². The van der Waals surface area contributed by atoms with Crippen LogP contribution >= 0.6 is 0 Å². The van der Waals surface area contributed by atoms with Crippen LogP contribution in [0.1, 0.15) is 12.0 Å². The highest BCUT2D eigenvalue weighted by molar-refractivity contribution is 7.92. The second-order valence-corrected chi connectivity index (χ2v) is 7.89. The zero-order valence-electron chi connectivity index (χ0n) is 15.9. The lowest BCUT2D eigenvalue weighted by atomic mass is 10.2. The molecule has 0 saturated carbocycles. The van der Waals surface area contributed by atoms with Crippen molar-refractivity contribution in [2.75, 3.05) is 36.6 Å². The van der Waals surface area contributed by atoms with Crippen molar-refractivity contribution in [1.29, 1.82) is 0 Å². The maximum atomic E-state index is 12.3. The molecule has 0 aliphatic rings. The van der Waals surface area contributed by atoms with Gasteiger partial charge in [0.1, 0.15) is 11.5 Å². The summed E-state index contributed by atoms with van der Waals surface area (Å²) in [4.78, 5) is 12.3. The van der Waals surface area contributed by atoms with Crippen LogP contribution in [0.5, 0.6) is 11.5 Å². The van der Waals surface area contributed by atoms with Gasteiger partial charge in [-0.2, -0.15) is 0 Å². The van der Waals surface area contributed by atoms with E-state index in [1.54, 1.807) is 24.3 Å². The number of hydrogen-bond acceptors (Lipinski definition) is 5. The molecule has 146 valence electrons. The fraction of sp³-hybridized carbons (Fsp3) is 0.316. The summed E-state index contributed by atoms with van der Waals surface area (Å²) < 4.78 is 36.2. The summed E-state index contributed by atoms with van der Waals surface area (Å²) in [6.07, 6.45) is 1.09. The number of sulfonamides is 1. The SMILES string of the molecule is COc1ccc(N(CCC(=O)Nc2ccccc2C)S(C)(=O)=O)c(OC)c1. The van der Waals surface area contributed by atoms with Crippen LogP contribution in [0, 0.1) is 6.92 Å². The number of benzene rings is 2. The first-order valence-electron chi connectivity index (χ1n) is 8.31. The summed E-state index contributed by atoms with van der Waals surface area (Å²) in [5.74, 6) is 0.617. The van der Waals surface area contributed by atoms with Crippen molar-refractivity contribution in [2.45, 2.75) is 13.3 Å². The molecule has 1 N–H and O–H groups in total. The minimum absolute atomic E-state index is 0.00339. The van der Waals surface area contributed by atoms with Crippen LogP contribution in [0.3, 0.4) is 0 Å². The number of amides is 1. The Kier molecular flexibility index (Phi) is 6.68. The molecular weight excluding hydrogens is 368 g/mol. The summed E-state index contributed by atoms with van der Waals surface area (Å²) in [6.45, 7) is 1.87. The number of nitrogens with zero attached hydrogens (tertiary/aromatic N) is 1. The third-order valence-electron chi connectivity index (χ3n) is 4.02. The lowest BCUT2D eigenvalue weighted by Gasteiger charge is -2.24. The minimum Gasteiger partial charge on any atom is -0.497 e. The molecule has 7 nitrogen and oxygen atoms in total. The van der Waals surface area contributed by atoms with Crippen LogP contribution in [0.15, 0.2) is 42.5 Å². The molecule has 0 aliphatic carbocycles. The van der Waals surface area contributed by atoms with Crippen molar-refractivity contribution in [1.82, 2.24) is 0 Å². The van der Waals surface area contributed by atoms with Gasteiger partial charge in [-0.15, -0.1) is 0 Å². The van der Waals surface area contributed by atoms with Crippen molar-refractivity contribution in [3.8, 4) is 11.5 Å². The molecule has 2 rings (SSSR count). The van der Waals surface area contributed by atoms with E-state index in [1.165, 1.54) is 14.2 Å². The second kappa shape index (κ2) is 8.77. The number of carbonyl (C=O) groups excluding carboxylic acids is 1. The molecule has 1 amide bonds. The van der Waals surface area contributed by atoms with Crippen LogP contribution in [-0.4, -0.2) is 41.3 Å². The molecule has 27 heavy (non-hydrogen) atoms. The number of anilines is 2. The number of methoxy groups -OCH3 is 2. The van der Waals surface area contributed by atoms with E-state index in [9.17, 15) is 13.2 Å². The van der Waals surface area contributed by atoms with Gasteiger partial charge in [0, 0.05) is 24.7 Å². The molecule has 0 bridgehead atoms. The van der Waals surface area contributed by atoms with E-state index in [0.717, 1.165) is 16.1 Å². The predicted molar refractivity (Wildman–Crippen MR) is 106 cm³/mol. The van der Waals surface area contributed by atoms with Crippen molar-refractivity contribution in [3.63, 3.8) is 0 Å². The van der Waals surface area contributed by atoms with E-state index in [0.29, 0.717) is 22.9 Å². The molecule has 0 aliphatic heterocycles. The minimum atomic E-state index is -3.61. The third kappa shape index (κ3) is 5.37. The first-order valence-corrected chi connectivity index (χ1v) is 10.2. The lowest BCUT2D eigenvalue weighted by Crippen LogP contribution is -2.33. The van der Waals surface area contributed by atoms with Crippen LogP contribution in [0.2, 0.25) is 0 Å². The highest BCUT2D eigenvalue weighted by atomic mass is 32.2. The normalized spacial score (nSPS) is 11.0. The van der Waals surface area contributed by atoms with Gasteiger partial charge in [0.15, 0.2) is 0 Å². The van der Waals surface area contributed by atoms with Gasteiger partial charge in [0.2, 0.25) is 15.9 Å². The summed E-state index contributed by atoms with van der Waals surface area (Å²) in [7, 11) is -0.654. The van der Waals surface area contributed by atoms with Gasteiger partial charge in [0.05, 0.1) is 26.2 Å². The fourth-order valence-electron chi connectivity index (χ4n) is 2.58. The van der Waals surface area contributed by atoms with Crippen molar-refractivity contribution in [2.24, 2.45) is 0 Å². The largest absolute Gasteiger partial charge is 0.497 e. The maximum absolute atomic E-state index is 12.3. The number of carbonyl (C=O) groups is 1. The molecule has 0 fully saturated rings. The Hall–Kier alpha value is -2.74. The van der Waals surface area contributed by atoms with Crippen LogP contribution in [-0.2, 0) is 14.8 Å². The lowest BCUT2D eigenvalue weighted by molar-refractivity contribution is -0.116. The van der Waals surface area contributed by atoms with Crippen molar-refractivity contribution >= 4 is 27.3 Å². The van der Waals surface area contributed by atoms with E-state index in [1.807, 2.05) is 25.1 Å². The van der Waals surface area contributed by atoms with E-state index in [-0.39, 0.29) is 18.9 Å². The Bertz CT molecular complexity index is 912. The van der Waals surface area contributed by atoms with E-state index in [2.05, 4.69) is 5.32 Å². The molecule has 0 heterocycles. The molecule has 0 atom stereocenters. The first kappa shape index (κ1) is 20.6. The number of nitrogens with one attached hydrogen (secondary N) is 1. The highest BCUT2D eigenvalue weighted by Gasteiger charge is 2.22. The highest BCUT2D eigenvalue weighted by Crippen LogP contribution is 2.33. The van der Waals surface area contributed by atoms with Gasteiger partial charge in [-0.3, -0.25) is 9.10 Å². The van der Waals surface area contributed by atoms with Gasteiger partial charge < -0.3 is 14.8 Å². The average Bonchev–Trinajstić information content (AvgIpc) is 2.62. The molecule has 0 spiro atoms. The Morgan fingerprint density at radius 3 is 2.41 bits per heavy atom. The van der Waals surface area contributed by atoms with Crippen LogP contribution < -0.4 is 19.1 Å². The zero-order valence-corrected chi connectivity index (χ0v) is 16.7. The summed E-state index contributed by atoms with van der Waals surface area (Å²) in [6, 6.07) is 12.2. The van der Waals surface area contributed by atoms with Crippen LogP contribution in [0.25, 0.3) is 0 Å². The Morgan fingerprint density at radius 2 is 1.81 bits per heavy atom. The molecular formula is C19H24N2O5S. The second-order valence-electron chi connectivity index (χ2n) is 5.99. The monoisotopic (exact) mass is 392 g/mol. The van der Waals surface area contributed by atoms with E-state index < -0.39 is 10.0 Å². The molecule has 0 unspecified atom stereocenters. The standard InChI is InChI=1S/C19H24N2O5S/c1-14-7-5-6-8-16(14)20-19(22)11-12-21(27(4,23)24)17-10-9-15(25-2)13-18(17)26-3/h5-10,13H,11-12H2,1-4H3,(H,20,22). The average molecular weight is 392 g/mol. The topological polar surface area (TPSA) is 84.9 Å². The quantitative estimate of drug-likeness (QED) is 0.747. The third-order valence-corrected chi connectivity index (χ3v) is 5.20. The first-order chi connectivity index (χ1) is 12.8. The maximum Gasteiger partial charge on any atom is 0.232 e. The Morgan fingerprint density at radius 1 is 1.11 bits per heavy atom.